The third-order valence-electron chi connectivity index (χ3n) is 9.38. The van der Waals surface area contributed by atoms with Gasteiger partial charge in [0.1, 0.15) is 6.10 Å². The van der Waals surface area contributed by atoms with Gasteiger partial charge in [-0.2, -0.15) is 0 Å². The number of aliphatic hydroxyl groups excluding tert-OH is 3. The molecule has 5 nitrogen and oxygen atoms in total. The maximum absolute atomic E-state index is 12.4. The Morgan fingerprint density at radius 2 is 0.867 bits per heavy atom. The lowest BCUT2D eigenvalue weighted by Gasteiger charge is -2.21. The predicted octanol–water partition coefficient (Wildman–Crippen LogP) is 10.9. The fourth-order valence-corrected chi connectivity index (χ4v) is 6.18. The molecule has 0 radical (unpaired) electrons. The highest BCUT2D eigenvalue weighted by molar-refractivity contribution is 5.80. The summed E-state index contributed by atoms with van der Waals surface area (Å²) in [5, 5.41) is 33.0. The molecular weight excluding hydrogens is 558 g/mol. The molecule has 0 spiro atoms. The molecule has 45 heavy (non-hydrogen) atoms. The summed E-state index contributed by atoms with van der Waals surface area (Å²) in [6.45, 7) is 4.18. The maximum atomic E-state index is 12.4. The Morgan fingerprint density at radius 3 is 1.22 bits per heavy atom. The summed E-state index contributed by atoms with van der Waals surface area (Å²) in [4.78, 5) is 12.4. The van der Waals surface area contributed by atoms with Crippen LogP contribution in [0.5, 0.6) is 0 Å². The van der Waals surface area contributed by atoms with E-state index in [0.717, 1.165) is 32.1 Å². The van der Waals surface area contributed by atoms with Gasteiger partial charge in [0, 0.05) is 0 Å². The van der Waals surface area contributed by atoms with Gasteiger partial charge in [0.2, 0.25) is 5.91 Å². The first-order chi connectivity index (χ1) is 22.1. The van der Waals surface area contributed by atoms with Gasteiger partial charge in [0.05, 0.1) is 18.8 Å². The van der Waals surface area contributed by atoms with Crippen LogP contribution in [0.3, 0.4) is 0 Å². The van der Waals surface area contributed by atoms with Crippen LogP contribution < -0.4 is 5.32 Å². The highest BCUT2D eigenvalue weighted by atomic mass is 16.3. The molecule has 268 valence electrons. The fraction of sp³-hybridized carbons (Fsp3) is 0.925. The summed E-state index contributed by atoms with van der Waals surface area (Å²) in [6, 6.07) is -0.791. The normalized spacial score (nSPS) is 13.8. The first-order valence-corrected chi connectivity index (χ1v) is 20.0. The average Bonchev–Trinajstić information content (AvgIpc) is 3.04. The van der Waals surface area contributed by atoms with E-state index in [2.05, 4.69) is 19.2 Å². The summed E-state index contributed by atoms with van der Waals surface area (Å²) in [5.41, 5.74) is 0. The van der Waals surface area contributed by atoms with E-state index in [-0.39, 0.29) is 6.61 Å². The Hall–Kier alpha value is -0.910. The Morgan fingerprint density at radius 1 is 0.533 bits per heavy atom. The summed E-state index contributed by atoms with van der Waals surface area (Å²) in [6.07, 6.45) is 40.8. The van der Waals surface area contributed by atoms with Crippen molar-refractivity contribution in [3.05, 3.63) is 12.2 Å². The summed E-state index contributed by atoms with van der Waals surface area (Å²) < 4.78 is 0. The van der Waals surface area contributed by atoms with Crippen LogP contribution in [0.2, 0.25) is 0 Å². The van der Waals surface area contributed by atoms with E-state index in [9.17, 15) is 20.1 Å². The zero-order chi connectivity index (χ0) is 33.1. The molecule has 0 aliphatic heterocycles. The topological polar surface area (TPSA) is 89.8 Å². The number of amides is 1. The molecule has 5 heteroatoms. The van der Waals surface area contributed by atoms with Gasteiger partial charge < -0.3 is 20.6 Å². The number of carbonyl (C=O) groups excluding carboxylic acids is 1. The van der Waals surface area contributed by atoms with Crippen LogP contribution in [0.25, 0.3) is 0 Å². The molecule has 3 unspecified atom stereocenters. The van der Waals surface area contributed by atoms with Crippen LogP contribution in [-0.4, -0.2) is 46.1 Å². The molecule has 0 aromatic carbocycles. The summed E-state index contributed by atoms with van der Waals surface area (Å²) in [7, 11) is 0. The number of hydrogen-bond acceptors (Lipinski definition) is 4. The van der Waals surface area contributed by atoms with Crippen LogP contribution in [0, 0.1) is 0 Å². The molecular formula is C40H79NO4. The van der Waals surface area contributed by atoms with Gasteiger partial charge in [0.15, 0.2) is 0 Å². The molecule has 0 aromatic rings. The Kier molecular flexibility index (Phi) is 35.2. The molecule has 1 amide bonds. The molecule has 3 atom stereocenters. The van der Waals surface area contributed by atoms with Crippen molar-refractivity contribution in [1.82, 2.24) is 5.32 Å². The van der Waals surface area contributed by atoms with Gasteiger partial charge in [-0.25, -0.2) is 0 Å². The van der Waals surface area contributed by atoms with Crippen LogP contribution in [0.15, 0.2) is 12.2 Å². The zero-order valence-corrected chi connectivity index (χ0v) is 30.3. The van der Waals surface area contributed by atoms with Gasteiger partial charge in [-0.05, 0) is 19.3 Å². The molecule has 0 saturated carbocycles. The number of aliphatic hydroxyl groups is 3. The van der Waals surface area contributed by atoms with Crippen molar-refractivity contribution in [3.8, 4) is 0 Å². The van der Waals surface area contributed by atoms with Crippen LogP contribution in [0.1, 0.15) is 213 Å². The molecule has 0 aromatic heterocycles. The minimum atomic E-state index is -1.09. The van der Waals surface area contributed by atoms with E-state index in [4.69, 9.17) is 0 Å². The van der Waals surface area contributed by atoms with E-state index >= 15 is 0 Å². The Bertz CT molecular complexity index is 625. The van der Waals surface area contributed by atoms with Crippen molar-refractivity contribution >= 4 is 5.91 Å². The van der Waals surface area contributed by atoms with Crippen molar-refractivity contribution in [2.24, 2.45) is 0 Å². The van der Waals surface area contributed by atoms with E-state index in [1.165, 1.54) is 161 Å². The van der Waals surface area contributed by atoms with Crippen molar-refractivity contribution in [2.45, 2.75) is 231 Å². The minimum absolute atomic E-state index is 0.359. The molecule has 0 saturated heterocycles. The third kappa shape index (κ3) is 31.5. The van der Waals surface area contributed by atoms with Crippen molar-refractivity contribution < 1.29 is 20.1 Å². The van der Waals surface area contributed by atoms with Gasteiger partial charge >= 0.3 is 0 Å². The number of hydrogen-bond donors (Lipinski definition) is 4. The highest BCUT2D eigenvalue weighted by Gasteiger charge is 2.22. The van der Waals surface area contributed by atoms with Crippen LogP contribution in [-0.2, 0) is 4.79 Å². The van der Waals surface area contributed by atoms with Crippen molar-refractivity contribution in [3.63, 3.8) is 0 Å². The van der Waals surface area contributed by atoms with Gasteiger partial charge in [-0.3, -0.25) is 4.79 Å². The van der Waals surface area contributed by atoms with Gasteiger partial charge in [0.25, 0.3) is 0 Å². The molecule has 0 fully saturated rings. The number of nitrogens with one attached hydrogen (secondary N) is 1. The van der Waals surface area contributed by atoms with Crippen LogP contribution in [0.4, 0.5) is 0 Å². The van der Waals surface area contributed by atoms with Crippen LogP contribution >= 0.6 is 0 Å². The number of allylic oxidation sites excluding steroid dienone is 1. The lowest BCUT2D eigenvalue weighted by molar-refractivity contribution is -0.131. The number of unbranched alkanes of at least 4 members (excludes halogenated alkanes) is 28. The molecule has 0 bridgehead atoms. The van der Waals surface area contributed by atoms with Crippen molar-refractivity contribution in [1.29, 1.82) is 0 Å². The standard InChI is InChI=1S/C40H79NO4/c1-3-5-7-9-11-13-15-17-19-21-23-25-27-29-31-33-35-39(44)40(45)41-37(36-42)38(43)34-32-30-28-26-24-22-20-18-16-14-12-10-8-6-4-2/h32,34,37-39,42-44H,3-31,33,35-36H2,1-2H3,(H,41,45)/b34-32+. The summed E-state index contributed by atoms with van der Waals surface area (Å²) in [5.74, 6) is -0.501. The molecule has 0 aliphatic rings. The van der Waals surface area contributed by atoms with Gasteiger partial charge in [-0.15, -0.1) is 0 Å². The van der Waals surface area contributed by atoms with E-state index in [1.807, 2.05) is 6.08 Å². The van der Waals surface area contributed by atoms with Gasteiger partial charge in [-0.1, -0.05) is 206 Å². The Balaban J connectivity index is 3.69. The fourth-order valence-electron chi connectivity index (χ4n) is 6.18. The second-order valence-corrected chi connectivity index (χ2v) is 13.9. The molecule has 0 aliphatic carbocycles. The number of rotatable bonds is 36. The number of carbonyl (C=O) groups is 1. The summed E-state index contributed by atoms with van der Waals surface area (Å²) >= 11 is 0. The average molecular weight is 638 g/mol. The Labute approximate surface area is 280 Å². The zero-order valence-electron chi connectivity index (χ0n) is 30.3. The second kappa shape index (κ2) is 35.9. The smallest absolute Gasteiger partial charge is 0.249 e. The van der Waals surface area contributed by atoms with E-state index in [0.29, 0.717) is 6.42 Å². The quantitative estimate of drug-likeness (QED) is 0.0406. The minimum Gasteiger partial charge on any atom is -0.394 e. The highest BCUT2D eigenvalue weighted by Crippen LogP contribution is 2.15. The van der Waals surface area contributed by atoms with Crippen molar-refractivity contribution in [2.75, 3.05) is 6.61 Å². The monoisotopic (exact) mass is 638 g/mol. The predicted molar refractivity (Wildman–Crippen MR) is 195 cm³/mol. The molecule has 0 rings (SSSR count). The lowest BCUT2D eigenvalue weighted by Crippen LogP contribution is -2.48. The second-order valence-electron chi connectivity index (χ2n) is 13.9. The molecule has 0 heterocycles. The SMILES string of the molecule is CCCCCCCCCCCCCCC/C=C/C(O)C(CO)NC(=O)C(O)CCCCCCCCCCCCCCCCCC. The van der Waals surface area contributed by atoms with E-state index < -0.39 is 24.2 Å². The molecule has 4 N–H and O–H groups in total. The first kappa shape index (κ1) is 44.1. The lowest BCUT2D eigenvalue weighted by atomic mass is 10.0. The van der Waals surface area contributed by atoms with E-state index in [1.54, 1.807) is 6.08 Å². The third-order valence-corrected chi connectivity index (χ3v) is 9.38. The maximum Gasteiger partial charge on any atom is 0.249 e. The largest absolute Gasteiger partial charge is 0.394 e. The first-order valence-electron chi connectivity index (χ1n) is 20.0.